The second kappa shape index (κ2) is 9.05. The van der Waals surface area contributed by atoms with Crippen LogP contribution in [0, 0.1) is 12.8 Å². The lowest BCUT2D eigenvalue weighted by Gasteiger charge is -2.11. The monoisotopic (exact) mass is 378 g/mol. The van der Waals surface area contributed by atoms with Crippen LogP contribution < -0.4 is 5.32 Å². The van der Waals surface area contributed by atoms with Crippen LogP contribution in [0.5, 0.6) is 0 Å². The van der Waals surface area contributed by atoms with Crippen molar-refractivity contribution in [2.45, 2.75) is 53.0 Å². The minimum Gasteiger partial charge on any atom is -0.396 e. The van der Waals surface area contributed by atoms with E-state index in [0.717, 1.165) is 47.2 Å². The highest BCUT2D eigenvalue weighted by Gasteiger charge is 2.24. The summed E-state index contributed by atoms with van der Waals surface area (Å²) in [6.45, 7) is 9.00. The maximum Gasteiger partial charge on any atom is 0.251 e. The van der Waals surface area contributed by atoms with Gasteiger partial charge in [-0.1, -0.05) is 43.3 Å². The molecular weight excluding hydrogens is 348 g/mol. The van der Waals surface area contributed by atoms with Crippen molar-refractivity contribution in [1.29, 1.82) is 0 Å². The van der Waals surface area contributed by atoms with Crippen LogP contribution in [-0.2, 0) is 4.84 Å². The molecule has 1 aliphatic rings. The summed E-state index contributed by atoms with van der Waals surface area (Å²) in [6, 6.07) is 14.5. The van der Waals surface area contributed by atoms with Crippen LogP contribution in [0.1, 0.15) is 61.5 Å². The Bertz CT molecular complexity index is 867. The molecule has 0 bridgehead atoms. The molecule has 1 fully saturated rings. The van der Waals surface area contributed by atoms with Crippen molar-refractivity contribution < 1.29 is 9.63 Å². The first-order valence-electron chi connectivity index (χ1n) is 10.1. The Morgan fingerprint density at radius 3 is 2.68 bits per heavy atom. The molecule has 0 spiro atoms. The highest BCUT2D eigenvalue weighted by Crippen LogP contribution is 2.27. The number of nitrogens with one attached hydrogen (secondary N) is 1. The molecule has 28 heavy (non-hydrogen) atoms. The quantitative estimate of drug-likeness (QED) is 0.383. The molecule has 148 valence electrons. The van der Waals surface area contributed by atoms with E-state index < -0.39 is 0 Å². The normalized spacial score (nSPS) is 14.2. The molecule has 2 aromatic carbocycles. The smallest absolute Gasteiger partial charge is 0.251 e. The van der Waals surface area contributed by atoms with Gasteiger partial charge in [-0.05, 0) is 79.5 Å². The van der Waals surface area contributed by atoms with E-state index in [1.54, 1.807) is 0 Å². The number of aryl methyl sites for hydroxylation is 1. The van der Waals surface area contributed by atoms with E-state index in [4.69, 9.17) is 4.84 Å². The van der Waals surface area contributed by atoms with Gasteiger partial charge in [0, 0.05) is 11.6 Å². The second-order valence-corrected chi connectivity index (χ2v) is 8.05. The average molecular weight is 379 g/mol. The molecule has 0 aliphatic heterocycles. The summed E-state index contributed by atoms with van der Waals surface area (Å²) in [5.74, 6) is 0.613. The van der Waals surface area contributed by atoms with Gasteiger partial charge in [-0.3, -0.25) is 4.79 Å². The number of carbonyl (C=O) groups excluding carboxylic acids is 1. The molecular formula is C24H30N2O2. The lowest BCUT2D eigenvalue weighted by molar-refractivity contribution is 0.0951. The molecule has 4 heteroatoms. The molecule has 0 unspecified atom stereocenters. The summed E-state index contributed by atoms with van der Waals surface area (Å²) in [5.41, 5.74) is 5.87. The van der Waals surface area contributed by atoms with Gasteiger partial charge in [0.1, 0.15) is 6.61 Å². The number of benzene rings is 2. The highest BCUT2D eigenvalue weighted by atomic mass is 16.6. The van der Waals surface area contributed by atoms with E-state index in [-0.39, 0.29) is 5.91 Å². The SMILES string of the molecule is CC(=NOCCC(C)C)c1cccc(-c2cc(C(=O)NC3CC3)ccc2C)c1. The zero-order valence-electron chi connectivity index (χ0n) is 17.3. The summed E-state index contributed by atoms with van der Waals surface area (Å²) in [7, 11) is 0. The Morgan fingerprint density at radius 1 is 1.18 bits per heavy atom. The van der Waals surface area contributed by atoms with Crippen molar-refractivity contribution in [2.75, 3.05) is 6.61 Å². The van der Waals surface area contributed by atoms with E-state index in [0.29, 0.717) is 24.1 Å². The van der Waals surface area contributed by atoms with Crippen molar-refractivity contribution in [3.05, 3.63) is 59.2 Å². The number of amides is 1. The highest BCUT2D eigenvalue weighted by molar-refractivity contribution is 6.00. The Morgan fingerprint density at radius 2 is 1.96 bits per heavy atom. The largest absolute Gasteiger partial charge is 0.396 e. The number of hydrogen-bond acceptors (Lipinski definition) is 3. The Labute approximate surface area is 168 Å². The Kier molecular flexibility index (Phi) is 6.50. The standard InChI is InChI=1S/C24H30N2O2/c1-16(2)12-13-28-26-18(4)19-6-5-7-20(14-19)23-15-21(9-8-17(23)3)24(27)25-22-10-11-22/h5-9,14-16,22H,10-13H2,1-4H3,(H,25,27). The van der Waals surface area contributed by atoms with Crippen molar-refractivity contribution in [3.63, 3.8) is 0 Å². The van der Waals surface area contributed by atoms with Gasteiger partial charge in [-0.25, -0.2) is 0 Å². The molecule has 1 N–H and O–H groups in total. The molecule has 1 saturated carbocycles. The molecule has 0 atom stereocenters. The van der Waals surface area contributed by atoms with Crippen molar-refractivity contribution in [1.82, 2.24) is 5.32 Å². The first-order chi connectivity index (χ1) is 13.4. The zero-order valence-corrected chi connectivity index (χ0v) is 17.3. The van der Waals surface area contributed by atoms with Crippen molar-refractivity contribution >= 4 is 11.6 Å². The van der Waals surface area contributed by atoms with Gasteiger partial charge in [0.05, 0.1) is 5.71 Å². The van der Waals surface area contributed by atoms with E-state index in [1.165, 1.54) is 0 Å². The molecule has 1 aliphatic carbocycles. The van der Waals surface area contributed by atoms with Crippen LogP contribution in [0.3, 0.4) is 0 Å². The third-order valence-corrected chi connectivity index (χ3v) is 4.99. The molecule has 1 amide bonds. The maximum atomic E-state index is 12.4. The van der Waals surface area contributed by atoms with Crippen molar-refractivity contribution in [3.8, 4) is 11.1 Å². The van der Waals surface area contributed by atoms with Crippen LogP contribution in [-0.4, -0.2) is 24.3 Å². The van der Waals surface area contributed by atoms with Gasteiger partial charge in [0.25, 0.3) is 5.91 Å². The topological polar surface area (TPSA) is 50.7 Å². The molecule has 0 saturated heterocycles. The maximum absolute atomic E-state index is 12.4. The van der Waals surface area contributed by atoms with Gasteiger partial charge < -0.3 is 10.2 Å². The number of rotatable bonds is 8. The van der Waals surface area contributed by atoms with Crippen LogP contribution in [0.2, 0.25) is 0 Å². The average Bonchev–Trinajstić information content (AvgIpc) is 3.49. The minimum absolute atomic E-state index is 0.0104. The molecule has 0 aromatic heterocycles. The number of hydrogen-bond donors (Lipinski definition) is 1. The molecule has 2 aromatic rings. The van der Waals surface area contributed by atoms with Gasteiger partial charge in [0.15, 0.2) is 0 Å². The number of carbonyl (C=O) groups is 1. The van der Waals surface area contributed by atoms with E-state index in [9.17, 15) is 4.79 Å². The first-order valence-corrected chi connectivity index (χ1v) is 10.1. The van der Waals surface area contributed by atoms with Gasteiger partial charge >= 0.3 is 0 Å². The van der Waals surface area contributed by atoms with Gasteiger partial charge in [-0.15, -0.1) is 0 Å². The zero-order chi connectivity index (χ0) is 20.1. The fourth-order valence-corrected chi connectivity index (χ4v) is 2.97. The Balaban J connectivity index is 1.79. The lowest BCUT2D eigenvalue weighted by Crippen LogP contribution is -2.25. The summed E-state index contributed by atoms with van der Waals surface area (Å²) in [4.78, 5) is 17.9. The van der Waals surface area contributed by atoms with E-state index in [1.807, 2.05) is 37.3 Å². The molecule has 3 rings (SSSR count). The number of nitrogens with zero attached hydrogens (tertiary/aromatic N) is 1. The summed E-state index contributed by atoms with van der Waals surface area (Å²) >= 11 is 0. The third kappa shape index (κ3) is 5.44. The number of oxime groups is 1. The second-order valence-electron chi connectivity index (χ2n) is 8.05. The summed E-state index contributed by atoms with van der Waals surface area (Å²) in [6.07, 6.45) is 3.17. The summed E-state index contributed by atoms with van der Waals surface area (Å²) < 4.78 is 0. The molecule has 0 radical (unpaired) electrons. The Hall–Kier alpha value is -2.62. The van der Waals surface area contributed by atoms with Crippen LogP contribution in [0.4, 0.5) is 0 Å². The van der Waals surface area contributed by atoms with Gasteiger partial charge in [0.2, 0.25) is 0 Å². The predicted octanol–water partition coefficient (Wildman–Crippen LogP) is 5.34. The lowest BCUT2D eigenvalue weighted by atomic mass is 9.96. The minimum atomic E-state index is 0.0104. The third-order valence-electron chi connectivity index (χ3n) is 4.99. The van der Waals surface area contributed by atoms with E-state index >= 15 is 0 Å². The summed E-state index contributed by atoms with van der Waals surface area (Å²) in [5, 5.41) is 7.32. The van der Waals surface area contributed by atoms with Crippen molar-refractivity contribution in [2.24, 2.45) is 11.1 Å². The molecule has 0 heterocycles. The molecule has 4 nitrogen and oxygen atoms in total. The fraction of sp³-hybridized carbons (Fsp3) is 0.417. The van der Waals surface area contributed by atoms with Crippen LogP contribution in [0.15, 0.2) is 47.6 Å². The van der Waals surface area contributed by atoms with E-state index in [2.05, 4.69) is 43.4 Å². The first kappa shape index (κ1) is 20.1. The fourth-order valence-electron chi connectivity index (χ4n) is 2.97. The van der Waals surface area contributed by atoms with Crippen LogP contribution in [0.25, 0.3) is 11.1 Å². The van der Waals surface area contributed by atoms with Crippen LogP contribution >= 0.6 is 0 Å². The van der Waals surface area contributed by atoms with Gasteiger partial charge in [-0.2, -0.15) is 0 Å². The predicted molar refractivity (Wildman–Crippen MR) is 115 cm³/mol.